The molecule has 0 radical (unpaired) electrons. The highest BCUT2D eigenvalue weighted by atomic mass is 19.1. The molecular formula is C50H68FN13O8. The van der Waals surface area contributed by atoms with Crippen LogP contribution in [0.2, 0.25) is 0 Å². The molecule has 388 valence electrons. The highest BCUT2D eigenvalue weighted by Gasteiger charge is 2.36. The third-order valence-corrected chi connectivity index (χ3v) is 11.0. The minimum absolute atomic E-state index is 0.0222. The van der Waals surface area contributed by atoms with Crippen molar-refractivity contribution in [3.8, 4) is 0 Å². The molecule has 5 atom stereocenters. The summed E-state index contributed by atoms with van der Waals surface area (Å²) in [5.41, 5.74) is 35.0. The molecule has 0 aromatic heterocycles. The summed E-state index contributed by atoms with van der Waals surface area (Å²) in [5.74, 6) is -7.37. The normalized spacial score (nSPS) is 13.1. The van der Waals surface area contributed by atoms with Crippen molar-refractivity contribution in [2.24, 2.45) is 50.3 Å². The van der Waals surface area contributed by atoms with Crippen LogP contribution in [0.1, 0.15) is 82.4 Å². The van der Waals surface area contributed by atoms with Crippen LogP contribution in [0.3, 0.4) is 0 Å². The quantitative estimate of drug-likeness (QED) is 0.0197. The van der Waals surface area contributed by atoms with Crippen molar-refractivity contribution in [2.45, 2.75) is 109 Å². The van der Waals surface area contributed by atoms with E-state index in [9.17, 15) is 42.7 Å². The molecule has 0 aliphatic rings. The second-order valence-electron chi connectivity index (χ2n) is 17.4. The van der Waals surface area contributed by atoms with Crippen LogP contribution < -0.4 is 55.7 Å². The van der Waals surface area contributed by atoms with E-state index in [2.05, 4.69) is 31.3 Å². The van der Waals surface area contributed by atoms with Crippen LogP contribution in [0, 0.1) is 11.7 Å². The Morgan fingerprint density at radius 3 is 1.79 bits per heavy atom. The Kier molecular flexibility index (Phi) is 24.2. The van der Waals surface area contributed by atoms with Crippen LogP contribution in [0.4, 0.5) is 10.1 Å². The monoisotopic (exact) mass is 998 g/mol. The number of carbonyl (C=O) groups is 8. The van der Waals surface area contributed by atoms with Gasteiger partial charge < -0.3 is 55.7 Å². The average Bonchev–Trinajstić information content (AvgIpc) is 3.32. The van der Waals surface area contributed by atoms with Crippen molar-refractivity contribution < 1.29 is 42.7 Å². The highest BCUT2D eigenvalue weighted by molar-refractivity contribution is 6.06. The van der Waals surface area contributed by atoms with Gasteiger partial charge in [0, 0.05) is 45.2 Å². The number of rotatable bonds is 29. The van der Waals surface area contributed by atoms with Gasteiger partial charge in [0.15, 0.2) is 17.7 Å². The first kappa shape index (κ1) is 58.3. The molecule has 3 aromatic rings. The number of imide groups is 1. The number of hydrogen-bond donors (Lipinski definition) is 10. The summed E-state index contributed by atoms with van der Waals surface area (Å²) in [6.07, 6.45) is 2.31. The topological polar surface area (TPSA) is 369 Å². The number of nitrogens with two attached hydrogens (primary N) is 6. The molecule has 0 aliphatic carbocycles. The Bertz CT molecular complexity index is 2410. The number of ketones is 1. The molecule has 16 N–H and O–H groups in total. The van der Waals surface area contributed by atoms with E-state index in [1.165, 1.54) is 18.2 Å². The standard InChI is InChI=1S/C50H68FN13O8/c1-30(2)27-39(46(70)61-38(12-8-26-58-49(54)55)45(69)60-37(11-7-25-52)42(66)22-23-43(53)67)62-47(71)40(28-33-15-20-36(21-16-33)59-50(56)57)63-48(72)41(29-34-13-18-35(51)19-14-34)64(31(3)65)44(68)24-17-32-9-5-4-6-10-32/h4-6,9-10,13-21,24,30,37-41H,7-8,11-12,22-23,25-29,52H2,1-3H3,(H2,53,67)(H,60,69)(H,61,70)(H,62,71)(H,63,72)(H4,54,55,58)(H4,56,57,59)/b24-17+/t37-,38-,39-,40-,41-/m0/s1. The van der Waals surface area contributed by atoms with E-state index in [4.69, 9.17) is 34.4 Å². The Hall–Kier alpha value is -8.01. The van der Waals surface area contributed by atoms with Crippen molar-refractivity contribution in [1.82, 2.24) is 26.2 Å². The summed E-state index contributed by atoms with van der Waals surface area (Å²) in [6.45, 7) is 4.97. The maximum atomic E-state index is 14.7. The molecule has 0 aliphatic heterocycles. The number of guanidine groups is 2. The number of nitrogens with zero attached hydrogens (tertiary/aromatic N) is 3. The van der Waals surface area contributed by atoms with Gasteiger partial charge >= 0.3 is 0 Å². The zero-order valence-electron chi connectivity index (χ0n) is 40.9. The molecule has 21 nitrogen and oxygen atoms in total. The van der Waals surface area contributed by atoms with Gasteiger partial charge in [-0.3, -0.25) is 48.2 Å². The lowest BCUT2D eigenvalue weighted by Crippen LogP contribution is -2.60. The van der Waals surface area contributed by atoms with Crippen LogP contribution in [0.5, 0.6) is 0 Å². The summed E-state index contributed by atoms with van der Waals surface area (Å²) in [7, 11) is 0. The van der Waals surface area contributed by atoms with Crippen molar-refractivity contribution in [1.29, 1.82) is 0 Å². The summed E-state index contributed by atoms with van der Waals surface area (Å²) >= 11 is 0. The highest BCUT2D eigenvalue weighted by Crippen LogP contribution is 2.18. The van der Waals surface area contributed by atoms with E-state index < -0.39 is 83.2 Å². The molecule has 7 amide bonds. The molecule has 72 heavy (non-hydrogen) atoms. The number of halogens is 1. The van der Waals surface area contributed by atoms with Gasteiger partial charge in [-0.25, -0.2) is 9.38 Å². The molecule has 22 heteroatoms. The summed E-state index contributed by atoms with van der Waals surface area (Å²) in [6, 6.07) is 13.4. The zero-order valence-corrected chi connectivity index (χ0v) is 40.9. The summed E-state index contributed by atoms with van der Waals surface area (Å²) < 4.78 is 14.1. The molecule has 0 spiro atoms. The first-order valence-electron chi connectivity index (χ1n) is 23.4. The molecule has 0 saturated heterocycles. The number of Topliss-reactive ketones (excluding diaryl/α,β-unsaturated/α-hetero) is 1. The predicted octanol–water partition coefficient (Wildman–Crippen LogP) is 0.585. The fourth-order valence-electron chi connectivity index (χ4n) is 7.40. The molecule has 0 fully saturated rings. The van der Waals surface area contributed by atoms with E-state index in [-0.39, 0.29) is 82.3 Å². The van der Waals surface area contributed by atoms with E-state index in [1.54, 1.807) is 68.4 Å². The lowest BCUT2D eigenvalue weighted by molar-refractivity contribution is -0.148. The molecule has 0 unspecified atom stereocenters. The molecule has 0 heterocycles. The van der Waals surface area contributed by atoms with Gasteiger partial charge in [0.25, 0.3) is 5.91 Å². The lowest BCUT2D eigenvalue weighted by Gasteiger charge is -2.30. The number of carbonyl (C=O) groups excluding carboxylic acids is 8. The van der Waals surface area contributed by atoms with Crippen LogP contribution in [0.15, 0.2) is 94.9 Å². The van der Waals surface area contributed by atoms with E-state index >= 15 is 0 Å². The van der Waals surface area contributed by atoms with Gasteiger partial charge in [0.05, 0.1) is 11.7 Å². The maximum absolute atomic E-state index is 14.7. The van der Waals surface area contributed by atoms with Crippen molar-refractivity contribution in [3.63, 3.8) is 0 Å². The minimum atomic E-state index is -1.58. The fraction of sp³-hybridized carbons (Fsp3) is 0.400. The average molecular weight is 998 g/mol. The SMILES string of the molecule is CC(=O)N(C(=O)/C=C/c1ccccc1)[C@@H](Cc1ccc(F)cc1)C(=O)N[C@@H](Cc1ccc(N=C(N)N)cc1)C(=O)N[C@@H](CC(C)C)C(=O)N[C@@H](CCCN=C(N)N)C(=O)N[C@@H](CCCN)C(=O)CCC(N)=O. The molecule has 3 aromatic carbocycles. The van der Waals surface area contributed by atoms with Crippen LogP contribution >= 0.6 is 0 Å². The fourth-order valence-corrected chi connectivity index (χ4v) is 7.40. The first-order valence-corrected chi connectivity index (χ1v) is 23.4. The van der Waals surface area contributed by atoms with Gasteiger partial charge in [-0.15, -0.1) is 0 Å². The minimum Gasteiger partial charge on any atom is -0.370 e. The first-order chi connectivity index (χ1) is 34.2. The molecule has 3 rings (SSSR count). The van der Waals surface area contributed by atoms with E-state index in [0.717, 1.165) is 30.0 Å². The lowest BCUT2D eigenvalue weighted by atomic mass is 9.99. The Morgan fingerprint density at radius 1 is 0.653 bits per heavy atom. The molecular weight excluding hydrogens is 930 g/mol. The number of hydrogen-bond acceptors (Lipinski definition) is 11. The number of benzene rings is 3. The van der Waals surface area contributed by atoms with Gasteiger partial charge in [0.2, 0.25) is 35.4 Å². The summed E-state index contributed by atoms with van der Waals surface area (Å²) in [5, 5.41) is 10.8. The Morgan fingerprint density at radius 2 is 1.21 bits per heavy atom. The van der Waals surface area contributed by atoms with Crippen LogP contribution in [-0.2, 0) is 51.2 Å². The third-order valence-electron chi connectivity index (χ3n) is 11.0. The molecule has 0 bridgehead atoms. The predicted molar refractivity (Wildman–Crippen MR) is 271 cm³/mol. The van der Waals surface area contributed by atoms with Crippen LogP contribution in [0.25, 0.3) is 6.08 Å². The van der Waals surface area contributed by atoms with Crippen molar-refractivity contribution in [3.05, 3.63) is 107 Å². The second kappa shape index (κ2) is 29.9. The number of primary amides is 1. The summed E-state index contributed by atoms with van der Waals surface area (Å²) in [4.78, 5) is 118. The zero-order chi connectivity index (χ0) is 53.3. The van der Waals surface area contributed by atoms with Crippen molar-refractivity contribution >= 4 is 70.8 Å². The van der Waals surface area contributed by atoms with E-state index in [1.807, 2.05) is 0 Å². The largest absolute Gasteiger partial charge is 0.370 e. The third kappa shape index (κ3) is 20.9. The van der Waals surface area contributed by atoms with Crippen LogP contribution in [-0.4, -0.2) is 107 Å². The number of aliphatic imine (C=N–C) groups is 2. The van der Waals surface area contributed by atoms with Crippen molar-refractivity contribution in [2.75, 3.05) is 13.1 Å². The second-order valence-corrected chi connectivity index (χ2v) is 17.4. The Balaban J connectivity index is 2.07. The molecule has 0 saturated carbocycles. The van der Waals surface area contributed by atoms with Gasteiger partial charge in [-0.1, -0.05) is 68.4 Å². The number of amides is 7. The number of nitrogens with one attached hydrogen (secondary N) is 4. The Labute approximate surface area is 418 Å². The van der Waals surface area contributed by atoms with Gasteiger partial charge in [-0.05, 0) is 91.6 Å². The van der Waals surface area contributed by atoms with Gasteiger partial charge in [-0.2, -0.15) is 0 Å². The smallest absolute Gasteiger partial charge is 0.253 e. The van der Waals surface area contributed by atoms with Gasteiger partial charge in [0.1, 0.15) is 30.0 Å². The maximum Gasteiger partial charge on any atom is 0.253 e. The van der Waals surface area contributed by atoms with E-state index in [0.29, 0.717) is 28.8 Å².